The van der Waals surface area contributed by atoms with Gasteiger partial charge in [-0.05, 0) is 70.8 Å². The second-order valence-corrected chi connectivity index (χ2v) is 10.2. The van der Waals surface area contributed by atoms with Gasteiger partial charge in [-0.3, -0.25) is 9.59 Å². The summed E-state index contributed by atoms with van der Waals surface area (Å²) in [6.45, 7) is 1.88. The van der Waals surface area contributed by atoms with Gasteiger partial charge >= 0.3 is 5.97 Å². The highest BCUT2D eigenvalue weighted by atomic mass is 35.5. The lowest BCUT2D eigenvalue weighted by atomic mass is 9.98. The zero-order valence-corrected chi connectivity index (χ0v) is 24.3. The van der Waals surface area contributed by atoms with Crippen molar-refractivity contribution in [1.82, 2.24) is 35.7 Å². The summed E-state index contributed by atoms with van der Waals surface area (Å²) in [5.74, 6) is -0.619. The van der Waals surface area contributed by atoms with E-state index in [9.17, 15) is 9.59 Å². The van der Waals surface area contributed by atoms with E-state index in [1.165, 1.54) is 24.2 Å². The molecular weight excluding hydrogens is 566 g/mol. The molecule has 5 rings (SSSR count). The highest BCUT2D eigenvalue weighted by molar-refractivity contribution is 6.30. The molecule has 2 heterocycles. The average molecular weight is 594 g/mol. The van der Waals surface area contributed by atoms with Gasteiger partial charge in [-0.1, -0.05) is 66.2 Å². The third-order valence-corrected chi connectivity index (χ3v) is 7.03. The fraction of sp³-hybridized carbons (Fsp3) is 0.156. The van der Waals surface area contributed by atoms with Crippen LogP contribution in [0.1, 0.15) is 34.1 Å². The van der Waals surface area contributed by atoms with E-state index in [4.69, 9.17) is 16.3 Å². The van der Waals surface area contributed by atoms with E-state index >= 15 is 0 Å². The molecule has 2 aromatic heterocycles. The largest absolute Gasteiger partial charge is 0.469 e. The summed E-state index contributed by atoms with van der Waals surface area (Å²) in [5.41, 5.74) is 6.37. The van der Waals surface area contributed by atoms with Gasteiger partial charge in [0, 0.05) is 22.2 Å². The summed E-state index contributed by atoms with van der Waals surface area (Å²) in [6.07, 6.45) is 5.28. The lowest BCUT2D eigenvalue weighted by Gasteiger charge is -2.19. The molecule has 0 saturated carbocycles. The fourth-order valence-electron chi connectivity index (χ4n) is 4.58. The van der Waals surface area contributed by atoms with Gasteiger partial charge in [0.2, 0.25) is 5.91 Å². The second kappa shape index (κ2) is 13.6. The van der Waals surface area contributed by atoms with E-state index in [1.54, 1.807) is 24.3 Å². The third-order valence-electron chi connectivity index (χ3n) is 6.79. The Kier molecular flexibility index (Phi) is 9.28. The van der Waals surface area contributed by atoms with Crippen LogP contribution in [0.5, 0.6) is 0 Å². The van der Waals surface area contributed by atoms with Crippen LogP contribution in [0.3, 0.4) is 0 Å². The molecule has 0 aliphatic carbocycles. The first-order valence-electron chi connectivity index (χ1n) is 13.5. The minimum absolute atomic E-state index is 0.195. The number of esters is 1. The number of ether oxygens (including phenoxy) is 1. The predicted octanol–water partition coefficient (Wildman–Crippen LogP) is 4.91. The van der Waals surface area contributed by atoms with Crippen LogP contribution in [0.25, 0.3) is 22.9 Å². The van der Waals surface area contributed by atoms with Gasteiger partial charge in [0.05, 0.1) is 36.6 Å². The summed E-state index contributed by atoms with van der Waals surface area (Å²) in [6, 6.07) is 24.2. The van der Waals surface area contributed by atoms with E-state index < -0.39 is 6.04 Å². The molecule has 11 heteroatoms. The van der Waals surface area contributed by atoms with Crippen molar-refractivity contribution in [3.63, 3.8) is 0 Å². The second-order valence-electron chi connectivity index (χ2n) is 9.76. The fourth-order valence-corrected chi connectivity index (χ4v) is 4.76. The van der Waals surface area contributed by atoms with Crippen LogP contribution in [0.15, 0.2) is 91.3 Å². The topological polar surface area (TPSA) is 125 Å². The van der Waals surface area contributed by atoms with Gasteiger partial charge in [0.25, 0.3) is 0 Å². The molecule has 5 aromatic rings. The number of aryl methyl sites for hydroxylation is 1. The molecule has 0 fully saturated rings. The molecule has 0 spiro atoms. The molecule has 3 aromatic carbocycles. The maximum atomic E-state index is 13.3. The van der Waals surface area contributed by atoms with Crippen LogP contribution in [-0.2, 0) is 27.2 Å². The molecule has 0 unspecified atom stereocenters. The number of halogens is 1. The number of methoxy groups -OCH3 is 1. The van der Waals surface area contributed by atoms with Crippen molar-refractivity contribution in [2.45, 2.75) is 25.8 Å². The van der Waals surface area contributed by atoms with Crippen LogP contribution in [-0.4, -0.2) is 49.4 Å². The summed E-state index contributed by atoms with van der Waals surface area (Å²) < 4.78 is 6.27. The zero-order valence-electron chi connectivity index (χ0n) is 23.5. The molecule has 0 aliphatic rings. The molecule has 0 aliphatic heterocycles. The number of rotatable bonds is 10. The number of hydrogen-bond acceptors (Lipinski definition) is 8. The maximum absolute atomic E-state index is 13.3. The van der Waals surface area contributed by atoms with E-state index in [0.29, 0.717) is 28.4 Å². The van der Waals surface area contributed by atoms with Crippen molar-refractivity contribution in [3.05, 3.63) is 124 Å². The molecule has 1 amide bonds. The summed E-state index contributed by atoms with van der Waals surface area (Å²) >= 11 is 6.23. The molecular formula is C32H28ClN7O3. The highest BCUT2D eigenvalue weighted by Crippen LogP contribution is 2.27. The van der Waals surface area contributed by atoms with Crippen molar-refractivity contribution >= 4 is 29.6 Å². The highest BCUT2D eigenvalue weighted by Gasteiger charge is 2.19. The van der Waals surface area contributed by atoms with E-state index in [-0.39, 0.29) is 18.3 Å². The Morgan fingerprint density at radius 1 is 1.00 bits per heavy atom. The lowest BCUT2D eigenvalue weighted by Crippen LogP contribution is -2.29. The molecule has 0 saturated heterocycles. The van der Waals surface area contributed by atoms with Crippen molar-refractivity contribution in [1.29, 1.82) is 0 Å². The SMILES string of the molecule is COC(=O)Cc1ccc(-c2cc([C@H](Cc3ccccc3)NC(=O)/C=C/c3cc(Cl)ccc3-n3cnnn3)nnc2C)cc1. The number of nitrogens with zero attached hydrogens (tertiary/aromatic N) is 6. The van der Waals surface area contributed by atoms with Gasteiger partial charge in [-0.15, -0.1) is 5.10 Å². The van der Waals surface area contributed by atoms with Crippen LogP contribution in [0.4, 0.5) is 0 Å². The van der Waals surface area contributed by atoms with Crippen LogP contribution in [0.2, 0.25) is 5.02 Å². The zero-order chi connectivity index (χ0) is 30.2. The van der Waals surface area contributed by atoms with Gasteiger partial charge < -0.3 is 10.1 Å². The molecule has 0 radical (unpaired) electrons. The smallest absolute Gasteiger partial charge is 0.309 e. The maximum Gasteiger partial charge on any atom is 0.309 e. The molecule has 10 nitrogen and oxygen atoms in total. The molecule has 1 atom stereocenters. The van der Waals surface area contributed by atoms with Crippen LogP contribution in [0, 0.1) is 6.92 Å². The first-order chi connectivity index (χ1) is 20.9. The monoisotopic (exact) mass is 593 g/mol. The number of aromatic nitrogens is 6. The van der Waals surface area contributed by atoms with Crippen molar-refractivity contribution in [2.75, 3.05) is 7.11 Å². The van der Waals surface area contributed by atoms with Gasteiger partial charge in [-0.25, -0.2) is 0 Å². The minimum Gasteiger partial charge on any atom is -0.469 e. The number of carbonyl (C=O) groups excluding carboxylic acids is 2. The molecule has 1 N–H and O–H groups in total. The van der Waals surface area contributed by atoms with Crippen molar-refractivity contribution < 1.29 is 14.3 Å². The van der Waals surface area contributed by atoms with Crippen LogP contribution < -0.4 is 5.32 Å². The minimum atomic E-state index is -0.469. The Morgan fingerprint density at radius 2 is 1.79 bits per heavy atom. The number of nitrogens with one attached hydrogen (secondary N) is 1. The normalized spacial score (nSPS) is 11.8. The molecule has 43 heavy (non-hydrogen) atoms. The number of benzene rings is 3. The number of hydrogen-bond donors (Lipinski definition) is 1. The Hall–Kier alpha value is -5.22. The van der Waals surface area contributed by atoms with E-state index in [1.807, 2.05) is 67.6 Å². The summed E-state index contributed by atoms with van der Waals surface area (Å²) in [7, 11) is 1.37. The number of amides is 1. The first kappa shape index (κ1) is 29.3. The Bertz CT molecular complexity index is 1740. The van der Waals surface area contributed by atoms with Crippen molar-refractivity contribution in [3.8, 4) is 16.8 Å². The van der Waals surface area contributed by atoms with Crippen molar-refractivity contribution in [2.24, 2.45) is 0 Å². The van der Waals surface area contributed by atoms with E-state index in [0.717, 1.165) is 27.9 Å². The quantitative estimate of drug-likeness (QED) is 0.179. The van der Waals surface area contributed by atoms with E-state index in [2.05, 4.69) is 31.0 Å². The Morgan fingerprint density at radius 3 is 2.51 bits per heavy atom. The first-order valence-corrected chi connectivity index (χ1v) is 13.8. The molecule has 0 bridgehead atoms. The Balaban J connectivity index is 1.42. The van der Waals surface area contributed by atoms with Crippen LogP contribution >= 0.6 is 11.6 Å². The summed E-state index contributed by atoms with van der Waals surface area (Å²) in [5, 5.41) is 23.8. The number of tetrazole rings is 1. The standard InChI is InChI=1S/C32H28ClN7O3/c1-21-27(24-10-8-23(9-11-24)17-32(42)43-2)19-29(37-36-21)28(16-22-6-4-3-5-7-22)35-31(41)15-12-25-18-26(33)13-14-30(25)40-20-34-38-39-40/h3-15,18-20,28H,16-17H2,1-2H3,(H,35,41)/b15-12+/t28-/m0/s1. The summed E-state index contributed by atoms with van der Waals surface area (Å²) in [4.78, 5) is 24.9. The van der Waals surface area contributed by atoms with Gasteiger partial charge in [0.1, 0.15) is 6.33 Å². The third kappa shape index (κ3) is 7.55. The average Bonchev–Trinajstić information content (AvgIpc) is 3.56. The molecule has 216 valence electrons. The van der Waals surface area contributed by atoms with Gasteiger partial charge in [0.15, 0.2) is 0 Å². The predicted molar refractivity (Wildman–Crippen MR) is 162 cm³/mol. The lowest BCUT2D eigenvalue weighted by molar-refractivity contribution is -0.139. The van der Waals surface area contributed by atoms with Gasteiger partial charge in [-0.2, -0.15) is 14.9 Å². The Labute approximate surface area is 253 Å². The number of carbonyl (C=O) groups is 2.